The van der Waals surface area contributed by atoms with Gasteiger partial charge < -0.3 is 14.4 Å². The van der Waals surface area contributed by atoms with E-state index in [1.165, 1.54) is 4.57 Å². The number of rotatable bonds is 5. The summed E-state index contributed by atoms with van der Waals surface area (Å²) in [5.41, 5.74) is 1.12. The standard InChI is InChI=1S/C19H15Cl2NO6S/c1-29(26,27)10-22-9-16(28-19(24)25)18(23)13-8-11(5-6-15(13)22)7-12-3-2-4-14(20)17(12)21/h2-6,8-9H,7,10H2,1H3,(H,24,25). The van der Waals surface area contributed by atoms with E-state index in [-0.39, 0.29) is 5.39 Å². The molecule has 1 N–H and O–H groups in total. The van der Waals surface area contributed by atoms with Crippen molar-refractivity contribution in [2.24, 2.45) is 0 Å². The Morgan fingerprint density at radius 1 is 1.21 bits per heavy atom. The molecule has 0 amide bonds. The highest BCUT2D eigenvalue weighted by molar-refractivity contribution is 7.89. The van der Waals surface area contributed by atoms with Crippen molar-refractivity contribution in [1.29, 1.82) is 0 Å². The molecule has 0 saturated carbocycles. The second kappa shape index (κ2) is 8.06. The summed E-state index contributed by atoms with van der Waals surface area (Å²) in [4.78, 5) is 23.6. The SMILES string of the molecule is CS(=O)(=O)Cn1cc(OC(=O)O)c(=O)c2cc(Cc3cccc(Cl)c3Cl)ccc21. The Labute approximate surface area is 176 Å². The first kappa shape index (κ1) is 21.2. The fraction of sp³-hybridized carbons (Fsp3) is 0.158. The van der Waals surface area contributed by atoms with Crippen molar-refractivity contribution < 1.29 is 23.1 Å². The molecule has 1 heterocycles. The van der Waals surface area contributed by atoms with Gasteiger partial charge in [-0.05, 0) is 35.7 Å². The first-order valence-corrected chi connectivity index (χ1v) is 11.0. The van der Waals surface area contributed by atoms with Crippen molar-refractivity contribution in [3.8, 4) is 5.75 Å². The molecule has 0 fully saturated rings. The molecule has 0 radical (unpaired) electrons. The van der Waals surface area contributed by atoms with Gasteiger partial charge in [-0.3, -0.25) is 4.79 Å². The largest absolute Gasteiger partial charge is 0.511 e. The molecule has 0 aliphatic rings. The molecular formula is C19H15Cl2NO6S. The van der Waals surface area contributed by atoms with Crippen molar-refractivity contribution in [1.82, 2.24) is 4.57 Å². The third-order valence-electron chi connectivity index (χ3n) is 4.11. The molecule has 152 valence electrons. The molecule has 1 aromatic heterocycles. The molecule has 7 nitrogen and oxygen atoms in total. The van der Waals surface area contributed by atoms with Crippen LogP contribution in [0.5, 0.6) is 5.75 Å². The van der Waals surface area contributed by atoms with Crippen molar-refractivity contribution >= 4 is 50.1 Å². The number of halogens is 2. The molecule has 0 unspecified atom stereocenters. The molecular weight excluding hydrogens is 441 g/mol. The number of aromatic nitrogens is 1. The van der Waals surface area contributed by atoms with Crippen LogP contribution < -0.4 is 10.2 Å². The third kappa shape index (κ3) is 4.90. The van der Waals surface area contributed by atoms with Crippen molar-refractivity contribution in [3.05, 3.63) is 74.0 Å². The van der Waals surface area contributed by atoms with Crippen molar-refractivity contribution in [2.45, 2.75) is 12.3 Å². The van der Waals surface area contributed by atoms with Crippen LogP contribution in [0, 0.1) is 0 Å². The zero-order valence-electron chi connectivity index (χ0n) is 15.1. The van der Waals surface area contributed by atoms with E-state index in [2.05, 4.69) is 4.74 Å². The Balaban J connectivity index is 2.17. The van der Waals surface area contributed by atoms with E-state index in [4.69, 9.17) is 28.3 Å². The maximum absolute atomic E-state index is 12.7. The van der Waals surface area contributed by atoms with Gasteiger partial charge >= 0.3 is 6.16 Å². The van der Waals surface area contributed by atoms with Crippen molar-refractivity contribution in [3.63, 3.8) is 0 Å². The minimum atomic E-state index is -3.47. The minimum absolute atomic E-state index is 0.128. The van der Waals surface area contributed by atoms with Crippen molar-refractivity contribution in [2.75, 3.05) is 6.26 Å². The average molecular weight is 456 g/mol. The van der Waals surface area contributed by atoms with E-state index < -0.39 is 33.0 Å². The number of fused-ring (bicyclic) bond motifs is 1. The van der Waals surface area contributed by atoms with Gasteiger partial charge in [0, 0.05) is 11.6 Å². The maximum Gasteiger partial charge on any atom is 0.511 e. The summed E-state index contributed by atoms with van der Waals surface area (Å²) in [6.07, 6.45) is 0.803. The number of benzene rings is 2. The van der Waals surface area contributed by atoms with Gasteiger partial charge in [-0.15, -0.1) is 0 Å². The van der Waals surface area contributed by atoms with Gasteiger partial charge in [-0.2, -0.15) is 0 Å². The zero-order chi connectivity index (χ0) is 21.3. The van der Waals surface area contributed by atoms with Gasteiger partial charge in [0.2, 0.25) is 5.43 Å². The number of nitrogens with zero attached hydrogens (tertiary/aromatic N) is 1. The number of carbonyl (C=O) groups is 1. The molecule has 3 rings (SSSR count). The van der Waals surface area contributed by atoms with Gasteiger partial charge in [0.25, 0.3) is 0 Å². The Kier molecular flexibility index (Phi) is 5.88. The predicted molar refractivity (Wildman–Crippen MR) is 111 cm³/mol. The number of ether oxygens (including phenoxy) is 1. The summed E-state index contributed by atoms with van der Waals surface area (Å²) in [6, 6.07) is 10.1. The average Bonchev–Trinajstić information content (AvgIpc) is 2.61. The monoisotopic (exact) mass is 455 g/mol. The van der Waals surface area contributed by atoms with Crippen LogP contribution in [0.3, 0.4) is 0 Å². The molecule has 29 heavy (non-hydrogen) atoms. The summed E-state index contributed by atoms with van der Waals surface area (Å²) < 4.78 is 29.3. The second-order valence-electron chi connectivity index (χ2n) is 6.46. The fourth-order valence-corrected chi connectivity index (χ4v) is 4.06. The van der Waals surface area contributed by atoms with Crippen LogP contribution >= 0.6 is 23.2 Å². The lowest BCUT2D eigenvalue weighted by Gasteiger charge is -2.13. The lowest BCUT2D eigenvalue weighted by Crippen LogP contribution is -2.18. The van der Waals surface area contributed by atoms with E-state index in [9.17, 15) is 18.0 Å². The lowest BCUT2D eigenvalue weighted by atomic mass is 10.0. The summed E-state index contributed by atoms with van der Waals surface area (Å²) in [5, 5.41) is 9.80. The molecule has 0 aliphatic carbocycles. The van der Waals surface area contributed by atoms with Crippen LogP contribution in [0.25, 0.3) is 10.9 Å². The normalized spacial score (nSPS) is 11.6. The fourth-order valence-electron chi connectivity index (χ4n) is 2.96. The van der Waals surface area contributed by atoms with Gasteiger partial charge in [-0.1, -0.05) is 41.4 Å². The number of pyridine rings is 1. The van der Waals surface area contributed by atoms with Crippen LogP contribution in [-0.2, 0) is 22.1 Å². The Hall–Kier alpha value is -2.55. The zero-order valence-corrected chi connectivity index (χ0v) is 17.4. The first-order chi connectivity index (χ1) is 13.5. The lowest BCUT2D eigenvalue weighted by molar-refractivity contribution is 0.144. The number of hydrogen-bond acceptors (Lipinski definition) is 5. The summed E-state index contributed by atoms with van der Waals surface area (Å²) in [7, 11) is -3.47. The van der Waals surface area contributed by atoms with E-state index in [0.717, 1.165) is 18.0 Å². The topological polar surface area (TPSA) is 103 Å². The third-order valence-corrected chi connectivity index (χ3v) is 5.71. The minimum Gasteiger partial charge on any atom is -0.449 e. The van der Waals surface area contributed by atoms with E-state index in [1.807, 2.05) is 0 Å². The highest BCUT2D eigenvalue weighted by atomic mass is 35.5. The van der Waals surface area contributed by atoms with E-state index in [1.54, 1.807) is 36.4 Å². The quantitative estimate of drug-likeness (QED) is 0.584. The van der Waals surface area contributed by atoms with Gasteiger partial charge in [0.15, 0.2) is 15.6 Å². The maximum atomic E-state index is 12.7. The molecule has 0 aliphatic heterocycles. The number of carboxylic acid groups (broad SMARTS) is 1. The molecule has 0 saturated heterocycles. The van der Waals surface area contributed by atoms with Gasteiger partial charge in [0.1, 0.15) is 5.88 Å². The van der Waals surface area contributed by atoms with E-state index >= 15 is 0 Å². The van der Waals surface area contributed by atoms with Crippen LogP contribution in [0.2, 0.25) is 10.0 Å². The molecule has 3 aromatic rings. The molecule has 10 heteroatoms. The first-order valence-electron chi connectivity index (χ1n) is 8.22. The van der Waals surface area contributed by atoms with Crippen LogP contribution in [-0.4, -0.2) is 30.5 Å². The Bertz CT molecular complexity index is 1280. The smallest absolute Gasteiger partial charge is 0.449 e. The highest BCUT2D eigenvalue weighted by Gasteiger charge is 2.16. The summed E-state index contributed by atoms with van der Waals surface area (Å²) in [6.45, 7) is 0. The van der Waals surface area contributed by atoms with Gasteiger partial charge in [0.05, 0.1) is 21.8 Å². The van der Waals surface area contributed by atoms with Gasteiger partial charge in [-0.25, -0.2) is 13.2 Å². The second-order valence-corrected chi connectivity index (χ2v) is 9.35. The molecule has 0 bridgehead atoms. The highest BCUT2D eigenvalue weighted by Crippen LogP contribution is 2.28. The molecule has 0 atom stereocenters. The van der Waals surface area contributed by atoms with Crippen LogP contribution in [0.15, 0.2) is 47.4 Å². The van der Waals surface area contributed by atoms with Crippen LogP contribution in [0.4, 0.5) is 4.79 Å². The summed E-state index contributed by atoms with van der Waals surface area (Å²) >= 11 is 12.3. The molecule has 2 aromatic carbocycles. The summed E-state index contributed by atoms with van der Waals surface area (Å²) in [5.74, 6) is -0.925. The van der Waals surface area contributed by atoms with Crippen LogP contribution in [0.1, 0.15) is 11.1 Å². The Morgan fingerprint density at radius 2 is 1.93 bits per heavy atom. The Morgan fingerprint density at radius 3 is 2.59 bits per heavy atom. The number of hydrogen-bond donors (Lipinski definition) is 1. The van der Waals surface area contributed by atoms with E-state index in [0.29, 0.717) is 27.5 Å². The predicted octanol–water partition coefficient (Wildman–Crippen LogP) is 3.96. The number of sulfone groups is 1. The molecule has 0 spiro atoms.